The summed E-state index contributed by atoms with van der Waals surface area (Å²) in [4.78, 5) is 23.8. The molecule has 140 valence electrons. The van der Waals surface area contributed by atoms with Gasteiger partial charge in [-0.1, -0.05) is 18.2 Å². The number of benzene rings is 1. The van der Waals surface area contributed by atoms with Gasteiger partial charge >= 0.3 is 5.97 Å². The number of nitrogens with zero attached hydrogens (tertiary/aromatic N) is 3. The largest absolute Gasteiger partial charge is 0.480 e. The molecule has 0 amide bonds. The minimum Gasteiger partial charge on any atom is -0.480 e. The van der Waals surface area contributed by atoms with Crippen molar-refractivity contribution in [2.24, 2.45) is 0 Å². The van der Waals surface area contributed by atoms with Crippen molar-refractivity contribution in [3.05, 3.63) is 66.1 Å². The molecule has 3 aromatic rings. The molecule has 1 fully saturated rings. The zero-order chi connectivity index (χ0) is 18.6. The molecule has 0 aliphatic carbocycles. The maximum absolute atomic E-state index is 12.1. The standard InChI is InChI=1S/C21H24N4O2/c26-21(27)20(18-15-23-19-4-2-1-3-17(18)19)25-13-11-24(12-14-25)10-7-16-5-8-22-9-6-16/h1-6,8-9,15,20,23H,7,10-14H2,(H,26,27)/t20-/m1/s1. The molecule has 6 nitrogen and oxygen atoms in total. The van der Waals surface area contributed by atoms with Gasteiger partial charge in [0.2, 0.25) is 0 Å². The zero-order valence-corrected chi connectivity index (χ0v) is 15.2. The van der Waals surface area contributed by atoms with Gasteiger partial charge in [-0.2, -0.15) is 0 Å². The maximum atomic E-state index is 12.1. The number of fused-ring (bicyclic) bond motifs is 1. The highest BCUT2D eigenvalue weighted by molar-refractivity contribution is 5.89. The number of hydrogen-bond donors (Lipinski definition) is 2. The Hall–Kier alpha value is -2.70. The number of aliphatic carboxylic acids is 1. The Morgan fingerprint density at radius 3 is 2.59 bits per heavy atom. The molecule has 1 saturated heterocycles. The van der Waals surface area contributed by atoms with E-state index in [0.717, 1.165) is 55.6 Å². The minimum atomic E-state index is -0.787. The van der Waals surface area contributed by atoms with E-state index in [1.54, 1.807) is 0 Å². The van der Waals surface area contributed by atoms with E-state index >= 15 is 0 Å². The molecule has 27 heavy (non-hydrogen) atoms. The summed E-state index contributed by atoms with van der Waals surface area (Å²) in [6.07, 6.45) is 6.49. The molecule has 0 spiro atoms. The summed E-state index contributed by atoms with van der Waals surface area (Å²) in [6.45, 7) is 4.27. The fraction of sp³-hybridized carbons (Fsp3) is 0.333. The van der Waals surface area contributed by atoms with Crippen LogP contribution >= 0.6 is 0 Å². The molecule has 0 saturated carbocycles. The highest BCUT2D eigenvalue weighted by Crippen LogP contribution is 2.29. The Morgan fingerprint density at radius 2 is 1.85 bits per heavy atom. The van der Waals surface area contributed by atoms with Gasteiger partial charge in [0, 0.05) is 67.8 Å². The highest BCUT2D eigenvalue weighted by atomic mass is 16.4. The number of pyridine rings is 1. The van der Waals surface area contributed by atoms with E-state index in [1.807, 2.05) is 55.0 Å². The van der Waals surface area contributed by atoms with Crippen LogP contribution < -0.4 is 0 Å². The predicted octanol–water partition coefficient (Wildman–Crippen LogP) is 2.55. The Morgan fingerprint density at radius 1 is 1.11 bits per heavy atom. The van der Waals surface area contributed by atoms with Gasteiger partial charge in [-0.25, -0.2) is 0 Å². The topological polar surface area (TPSA) is 72.5 Å². The smallest absolute Gasteiger partial charge is 0.325 e. The molecule has 1 aromatic carbocycles. The summed E-state index contributed by atoms with van der Waals surface area (Å²) >= 11 is 0. The molecular weight excluding hydrogens is 340 g/mol. The number of carboxylic acid groups (broad SMARTS) is 1. The van der Waals surface area contributed by atoms with Crippen molar-refractivity contribution in [3.63, 3.8) is 0 Å². The SMILES string of the molecule is O=C(O)[C@@H](c1c[nH]c2ccccc12)N1CCN(CCc2ccncc2)CC1. The van der Waals surface area contributed by atoms with Crippen LogP contribution in [0.25, 0.3) is 10.9 Å². The zero-order valence-electron chi connectivity index (χ0n) is 15.2. The van der Waals surface area contributed by atoms with Crippen LogP contribution in [-0.2, 0) is 11.2 Å². The van der Waals surface area contributed by atoms with Gasteiger partial charge in [0.1, 0.15) is 6.04 Å². The second-order valence-corrected chi connectivity index (χ2v) is 7.01. The van der Waals surface area contributed by atoms with Crippen molar-refractivity contribution in [3.8, 4) is 0 Å². The van der Waals surface area contributed by atoms with Crippen molar-refractivity contribution in [1.82, 2.24) is 19.8 Å². The lowest BCUT2D eigenvalue weighted by molar-refractivity contribution is -0.144. The van der Waals surface area contributed by atoms with E-state index < -0.39 is 12.0 Å². The van der Waals surface area contributed by atoms with Crippen LogP contribution in [0.2, 0.25) is 0 Å². The summed E-state index contributed by atoms with van der Waals surface area (Å²) in [7, 11) is 0. The van der Waals surface area contributed by atoms with E-state index in [2.05, 4.69) is 19.8 Å². The fourth-order valence-electron chi connectivity index (χ4n) is 3.89. The van der Waals surface area contributed by atoms with Gasteiger partial charge in [-0.3, -0.25) is 14.7 Å². The molecule has 1 aliphatic heterocycles. The first-order valence-corrected chi connectivity index (χ1v) is 9.36. The van der Waals surface area contributed by atoms with Crippen molar-refractivity contribution in [2.75, 3.05) is 32.7 Å². The van der Waals surface area contributed by atoms with Crippen LogP contribution in [0.15, 0.2) is 55.0 Å². The van der Waals surface area contributed by atoms with Crippen molar-refractivity contribution < 1.29 is 9.90 Å². The molecule has 0 bridgehead atoms. The Kier molecular flexibility index (Phi) is 5.18. The second-order valence-electron chi connectivity index (χ2n) is 7.01. The van der Waals surface area contributed by atoms with E-state index in [4.69, 9.17) is 0 Å². The molecule has 2 aromatic heterocycles. The minimum absolute atomic E-state index is 0.608. The first-order valence-electron chi connectivity index (χ1n) is 9.36. The van der Waals surface area contributed by atoms with Crippen molar-refractivity contribution in [2.45, 2.75) is 12.5 Å². The number of para-hydroxylation sites is 1. The Bertz CT molecular complexity index is 901. The normalized spacial score (nSPS) is 17.2. The number of carboxylic acids is 1. The van der Waals surface area contributed by atoms with Crippen LogP contribution in [0, 0.1) is 0 Å². The number of hydrogen-bond acceptors (Lipinski definition) is 4. The highest BCUT2D eigenvalue weighted by Gasteiger charge is 2.31. The predicted molar refractivity (Wildman–Crippen MR) is 105 cm³/mol. The van der Waals surface area contributed by atoms with Gasteiger partial charge in [0.15, 0.2) is 0 Å². The number of nitrogens with one attached hydrogen (secondary N) is 1. The first-order chi connectivity index (χ1) is 13.2. The lowest BCUT2D eigenvalue weighted by Crippen LogP contribution is -2.49. The van der Waals surface area contributed by atoms with Gasteiger partial charge in [-0.05, 0) is 30.2 Å². The van der Waals surface area contributed by atoms with E-state index in [0.29, 0.717) is 0 Å². The third kappa shape index (κ3) is 3.86. The maximum Gasteiger partial charge on any atom is 0.325 e. The van der Waals surface area contributed by atoms with Gasteiger partial charge in [-0.15, -0.1) is 0 Å². The van der Waals surface area contributed by atoms with E-state index in [1.165, 1.54) is 5.56 Å². The molecule has 0 radical (unpaired) electrons. The summed E-state index contributed by atoms with van der Waals surface area (Å²) in [6, 6.07) is 11.4. The third-order valence-corrected chi connectivity index (χ3v) is 5.39. The number of aromatic nitrogens is 2. The average Bonchev–Trinajstić information content (AvgIpc) is 3.12. The van der Waals surface area contributed by atoms with Gasteiger partial charge in [0.05, 0.1) is 0 Å². The number of piperazine rings is 1. The van der Waals surface area contributed by atoms with Crippen LogP contribution in [0.4, 0.5) is 0 Å². The molecule has 1 aliphatic rings. The van der Waals surface area contributed by atoms with E-state index in [9.17, 15) is 9.90 Å². The summed E-state index contributed by atoms with van der Waals surface area (Å²) in [5, 5.41) is 10.9. The number of carbonyl (C=O) groups is 1. The fourth-order valence-corrected chi connectivity index (χ4v) is 3.89. The molecule has 3 heterocycles. The van der Waals surface area contributed by atoms with Crippen LogP contribution in [-0.4, -0.2) is 63.6 Å². The second kappa shape index (κ2) is 7.90. The molecular formula is C21H24N4O2. The molecule has 4 rings (SSSR count). The van der Waals surface area contributed by atoms with Gasteiger partial charge < -0.3 is 15.0 Å². The van der Waals surface area contributed by atoms with Crippen molar-refractivity contribution >= 4 is 16.9 Å². The third-order valence-electron chi connectivity index (χ3n) is 5.39. The summed E-state index contributed by atoms with van der Waals surface area (Å²) in [5.74, 6) is -0.787. The quantitative estimate of drug-likeness (QED) is 0.703. The molecule has 6 heteroatoms. The summed E-state index contributed by atoms with van der Waals surface area (Å²) < 4.78 is 0. The van der Waals surface area contributed by atoms with Crippen LogP contribution in [0.3, 0.4) is 0 Å². The van der Waals surface area contributed by atoms with Crippen LogP contribution in [0.1, 0.15) is 17.2 Å². The molecule has 2 N–H and O–H groups in total. The Labute approximate surface area is 158 Å². The number of H-pyrrole nitrogens is 1. The number of aromatic amines is 1. The average molecular weight is 364 g/mol. The Balaban J connectivity index is 1.41. The van der Waals surface area contributed by atoms with Crippen LogP contribution in [0.5, 0.6) is 0 Å². The first kappa shape index (κ1) is 17.7. The van der Waals surface area contributed by atoms with E-state index in [-0.39, 0.29) is 0 Å². The van der Waals surface area contributed by atoms with Gasteiger partial charge in [0.25, 0.3) is 0 Å². The molecule has 0 unspecified atom stereocenters. The lowest BCUT2D eigenvalue weighted by Gasteiger charge is -2.37. The number of rotatable bonds is 6. The molecule has 1 atom stereocenters. The lowest BCUT2D eigenvalue weighted by atomic mass is 10.0. The summed E-state index contributed by atoms with van der Waals surface area (Å²) in [5.41, 5.74) is 3.12. The monoisotopic (exact) mass is 364 g/mol. The van der Waals surface area contributed by atoms with Crippen molar-refractivity contribution in [1.29, 1.82) is 0 Å².